The van der Waals surface area contributed by atoms with Crippen molar-refractivity contribution in [1.29, 1.82) is 0 Å². The number of halogens is 2. The fourth-order valence-corrected chi connectivity index (χ4v) is 3.96. The van der Waals surface area contributed by atoms with E-state index in [2.05, 4.69) is 37.1 Å². The molecule has 0 unspecified atom stereocenters. The summed E-state index contributed by atoms with van der Waals surface area (Å²) < 4.78 is 16.9. The van der Waals surface area contributed by atoms with Crippen LogP contribution in [0.2, 0.25) is 5.02 Å². The predicted molar refractivity (Wildman–Crippen MR) is 153 cm³/mol. The lowest BCUT2D eigenvalue weighted by Gasteiger charge is -2.15. The van der Waals surface area contributed by atoms with Crippen LogP contribution >= 0.6 is 27.5 Å². The number of hydrogen-bond donors (Lipinski definition) is 3. The molecular formula is C27H26BrClN4O6. The lowest BCUT2D eigenvalue weighted by molar-refractivity contribution is -0.136. The summed E-state index contributed by atoms with van der Waals surface area (Å²) in [6, 6.07) is 15.0. The van der Waals surface area contributed by atoms with Gasteiger partial charge in [-0.1, -0.05) is 17.7 Å². The molecule has 3 aromatic carbocycles. The first kappa shape index (κ1) is 29.5. The second kappa shape index (κ2) is 14.2. The van der Waals surface area contributed by atoms with Gasteiger partial charge in [0.1, 0.15) is 5.75 Å². The van der Waals surface area contributed by atoms with Gasteiger partial charge >= 0.3 is 11.8 Å². The summed E-state index contributed by atoms with van der Waals surface area (Å²) in [4.78, 5) is 36.7. The minimum Gasteiger partial charge on any atom is -0.497 e. The van der Waals surface area contributed by atoms with E-state index in [9.17, 15) is 14.4 Å². The Morgan fingerprint density at radius 2 is 1.77 bits per heavy atom. The molecule has 0 heterocycles. The first-order valence-electron chi connectivity index (χ1n) is 11.6. The molecule has 3 aromatic rings. The van der Waals surface area contributed by atoms with Gasteiger partial charge < -0.3 is 24.8 Å². The van der Waals surface area contributed by atoms with Crippen molar-refractivity contribution in [2.45, 2.75) is 13.8 Å². The molecule has 10 nitrogen and oxygen atoms in total. The highest BCUT2D eigenvalue weighted by Crippen LogP contribution is 2.36. The Labute approximate surface area is 238 Å². The highest BCUT2D eigenvalue weighted by molar-refractivity contribution is 9.10. The van der Waals surface area contributed by atoms with E-state index in [1.54, 1.807) is 68.4 Å². The number of nitrogens with one attached hydrogen (secondary N) is 3. The van der Waals surface area contributed by atoms with Crippen LogP contribution in [0.3, 0.4) is 0 Å². The molecule has 0 aliphatic heterocycles. The van der Waals surface area contributed by atoms with Crippen molar-refractivity contribution >= 4 is 62.8 Å². The van der Waals surface area contributed by atoms with Crippen molar-refractivity contribution in [2.24, 2.45) is 5.10 Å². The molecular weight excluding hydrogens is 592 g/mol. The zero-order chi connectivity index (χ0) is 28.4. The van der Waals surface area contributed by atoms with Gasteiger partial charge in [0.15, 0.2) is 18.1 Å². The van der Waals surface area contributed by atoms with Crippen LogP contribution in [0.5, 0.6) is 17.2 Å². The van der Waals surface area contributed by atoms with Gasteiger partial charge in [0.05, 0.1) is 24.4 Å². The van der Waals surface area contributed by atoms with E-state index in [4.69, 9.17) is 25.8 Å². The number of anilines is 2. The summed E-state index contributed by atoms with van der Waals surface area (Å²) in [5.74, 6) is -0.933. The molecule has 0 saturated heterocycles. The number of nitrogens with zero attached hydrogens (tertiary/aromatic N) is 1. The van der Waals surface area contributed by atoms with E-state index >= 15 is 0 Å². The maximum absolute atomic E-state index is 12.5. The fourth-order valence-electron chi connectivity index (χ4n) is 3.21. The van der Waals surface area contributed by atoms with Crippen molar-refractivity contribution < 1.29 is 28.6 Å². The molecule has 3 amide bonds. The van der Waals surface area contributed by atoms with Crippen LogP contribution in [-0.4, -0.2) is 44.3 Å². The number of rotatable bonds is 10. The smallest absolute Gasteiger partial charge is 0.329 e. The Hall–Kier alpha value is -4.09. The largest absolute Gasteiger partial charge is 0.497 e. The molecule has 0 radical (unpaired) electrons. The van der Waals surface area contributed by atoms with E-state index in [-0.39, 0.29) is 12.5 Å². The van der Waals surface area contributed by atoms with Gasteiger partial charge in [-0.3, -0.25) is 14.4 Å². The normalized spacial score (nSPS) is 10.6. The topological polar surface area (TPSA) is 127 Å². The molecule has 0 bridgehead atoms. The quantitative estimate of drug-likeness (QED) is 0.168. The minimum absolute atomic E-state index is 0.280. The first-order chi connectivity index (χ1) is 18.7. The number of ether oxygens (including phenoxy) is 3. The molecule has 204 valence electrons. The zero-order valence-corrected chi connectivity index (χ0v) is 23.7. The van der Waals surface area contributed by atoms with Crippen LogP contribution in [0.15, 0.2) is 64.2 Å². The number of benzene rings is 3. The Bertz CT molecular complexity index is 1380. The summed E-state index contributed by atoms with van der Waals surface area (Å²) in [6.07, 6.45) is 1.34. The van der Waals surface area contributed by atoms with Crippen molar-refractivity contribution in [3.8, 4) is 17.2 Å². The average molecular weight is 618 g/mol. The molecule has 12 heteroatoms. The van der Waals surface area contributed by atoms with Gasteiger partial charge in [0.25, 0.3) is 5.91 Å². The van der Waals surface area contributed by atoms with Crippen molar-refractivity contribution in [2.75, 3.05) is 31.0 Å². The second-order valence-corrected chi connectivity index (χ2v) is 9.16. The van der Waals surface area contributed by atoms with Crippen LogP contribution in [0.4, 0.5) is 11.4 Å². The number of hydrazone groups is 1. The van der Waals surface area contributed by atoms with Gasteiger partial charge in [-0.25, -0.2) is 5.43 Å². The van der Waals surface area contributed by atoms with Crippen LogP contribution < -0.4 is 30.3 Å². The van der Waals surface area contributed by atoms with Crippen LogP contribution in [0.1, 0.15) is 18.1 Å². The van der Waals surface area contributed by atoms with Gasteiger partial charge in [0.2, 0.25) is 0 Å². The lowest BCUT2D eigenvalue weighted by atomic mass is 10.2. The van der Waals surface area contributed by atoms with E-state index in [0.29, 0.717) is 50.3 Å². The third-order valence-electron chi connectivity index (χ3n) is 5.15. The molecule has 3 rings (SSSR count). The number of amides is 3. The SMILES string of the molecule is CCOc1cc(/C=N\NC(=O)C(=O)Nc2ccc(OC)cc2)cc(Br)c1OCC(=O)Nc1cccc(Cl)c1C. The van der Waals surface area contributed by atoms with E-state index in [1.165, 1.54) is 13.3 Å². The molecule has 0 aromatic heterocycles. The highest BCUT2D eigenvalue weighted by Gasteiger charge is 2.16. The van der Waals surface area contributed by atoms with Crippen LogP contribution in [0.25, 0.3) is 0 Å². The molecule has 0 aliphatic rings. The fraction of sp³-hybridized carbons (Fsp3) is 0.185. The molecule has 0 fully saturated rings. The number of carbonyl (C=O) groups is 3. The number of methoxy groups -OCH3 is 1. The maximum Gasteiger partial charge on any atom is 0.329 e. The molecule has 39 heavy (non-hydrogen) atoms. The Kier molecular flexibility index (Phi) is 10.7. The molecule has 0 atom stereocenters. The third-order valence-corrected chi connectivity index (χ3v) is 6.15. The Morgan fingerprint density at radius 1 is 1.03 bits per heavy atom. The van der Waals surface area contributed by atoms with E-state index in [1.807, 2.05) is 0 Å². The summed E-state index contributed by atoms with van der Waals surface area (Å²) in [7, 11) is 1.53. The summed E-state index contributed by atoms with van der Waals surface area (Å²) in [5, 5.41) is 9.62. The van der Waals surface area contributed by atoms with Crippen molar-refractivity contribution in [1.82, 2.24) is 5.43 Å². The third kappa shape index (κ3) is 8.45. The predicted octanol–water partition coefficient (Wildman–Crippen LogP) is 4.92. The van der Waals surface area contributed by atoms with E-state index in [0.717, 1.165) is 5.56 Å². The zero-order valence-electron chi connectivity index (χ0n) is 21.3. The summed E-state index contributed by atoms with van der Waals surface area (Å²) >= 11 is 9.53. The number of hydrogen-bond acceptors (Lipinski definition) is 7. The van der Waals surface area contributed by atoms with Gasteiger partial charge in [-0.15, -0.1) is 0 Å². The molecule has 0 saturated carbocycles. The minimum atomic E-state index is -0.952. The van der Waals surface area contributed by atoms with Crippen molar-refractivity contribution in [3.63, 3.8) is 0 Å². The average Bonchev–Trinajstić information content (AvgIpc) is 2.91. The molecule has 3 N–H and O–H groups in total. The van der Waals surface area contributed by atoms with Gasteiger partial charge in [-0.05, 0) is 89.4 Å². The Morgan fingerprint density at radius 3 is 2.46 bits per heavy atom. The Balaban J connectivity index is 1.61. The lowest BCUT2D eigenvalue weighted by Crippen LogP contribution is -2.32. The number of carbonyl (C=O) groups excluding carboxylic acids is 3. The first-order valence-corrected chi connectivity index (χ1v) is 12.8. The molecule has 0 spiro atoms. The van der Waals surface area contributed by atoms with Crippen LogP contribution in [-0.2, 0) is 14.4 Å². The summed E-state index contributed by atoms with van der Waals surface area (Å²) in [5.41, 5.74) is 4.47. The molecule has 0 aliphatic carbocycles. The second-order valence-electron chi connectivity index (χ2n) is 7.89. The maximum atomic E-state index is 12.5. The van der Waals surface area contributed by atoms with Crippen LogP contribution in [0, 0.1) is 6.92 Å². The standard InChI is InChI=1S/C27H26BrClN4O6/c1-4-38-23-13-17(14-30-33-27(36)26(35)31-18-8-10-19(37-3)11-9-18)12-20(28)25(23)39-15-24(34)32-22-7-5-6-21(29)16(22)2/h5-14H,4,15H2,1-3H3,(H,31,35)(H,32,34)(H,33,36)/b30-14-. The van der Waals surface area contributed by atoms with Gasteiger partial charge in [-0.2, -0.15) is 5.10 Å². The van der Waals surface area contributed by atoms with Crippen molar-refractivity contribution in [3.05, 3.63) is 75.2 Å². The monoisotopic (exact) mass is 616 g/mol. The highest BCUT2D eigenvalue weighted by atomic mass is 79.9. The van der Waals surface area contributed by atoms with Gasteiger partial charge in [0, 0.05) is 16.4 Å². The summed E-state index contributed by atoms with van der Waals surface area (Å²) in [6.45, 7) is 3.66. The van der Waals surface area contributed by atoms with E-state index < -0.39 is 11.8 Å².